The summed E-state index contributed by atoms with van der Waals surface area (Å²) in [6.07, 6.45) is 6.28. The second-order valence-corrected chi connectivity index (χ2v) is 11.0. The lowest BCUT2D eigenvalue weighted by molar-refractivity contribution is 0.123. The summed E-state index contributed by atoms with van der Waals surface area (Å²) in [4.78, 5) is 18.6. The van der Waals surface area contributed by atoms with Crippen LogP contribution in [0.1, 0.15) is 50.6 Å². The highest BCUT2D eigenvalue weighted by atomic mass is 16.5. The Morgan fingerprint density at radius 3 is 2.55 bits per heavy atom. The van der Waals surface area contributed by atoms with Crippen LogP contribution < -0.4 is 15.6 Å². The lowest BCUT2D eigenvalue weighted by Crippen LogP contribution is -2.27. The molecule has 1 aromatic carbocycles. The standard InChI is InChI=1S/C30H37N7O3/c1-3-31-27-16-26-25(17-32-27)30(21-6-4-20(5-7-21)18-36-15-14-23(38)19-36)34-37(26)22-8-10-24(11-9-22)40-28-12-13-29(39)35(2)33-28/h4-7,12-13,16-17,22-24,38H,3,8-11,14-15,18-19H2,1-2H3,(H,31,32)/t22-,23-,24+/m1/s1. The summed E-state index contributed by atoms with van der Waals surface area (Å²) in [7, 11) is 1.63. The van der Waals surface area contributed by atoms with Crippen molar-refractivity contribution in [2.75, 3.05) is 25.0 Å². The van der Waals surface area contributed by atoms with Gasteiger partial charge in [-0.25, -0.2) is 9.67 Å². The molecule has 210 valence electrons. The Labute approximate surface area is 233 Å². The predicted molar refractivity (Wildman–Crippen MR) is 154 cm³/mol. The highest BCUT2D eigenvalue weighted by molar-refractivity contribution is 5.94. The molecule has 0 amide bonds. The van der Waals surface area contributed by atoms with Crippen molar-refractivity contribution in [2.45, 2.75) is 63.8 Å². The number of β-amino-alcohol motifs (C(OH)–C–C–N with tert-alkyl or cyclic N) is 1. The van der Waals surface area contributed by atoms with Crippen molar-refractivity contribution in [3.05, 3.63) is 64.6 Å². The monoisotopic (exact) mass is 543 g/mol. The number of fused-ring (bicyclic) bond motifs is 1. The molecule has 10 heteroatoms. The number of nitrogens with zero attached hydrogens (tertiary/aromatic N) is 6. The van der Waals surface area contributed by atoms with Crippen LogP contribution in [0.15, 0.2) is 53.5 Å². The van der Waals surface area contributed by atoms with Gasteiger partial charge in [-0.3, -0.25) is 14.4 Å². The Morgan fingerprint density at radius 1 is 1.05 bits per heavy atom. The minimum absolute atomic E-state index is 0.0609. The van der Waals surface area contributed by atoms with Crippen LogP contribution >= 0.6 is 0 Å². The van der Waals surface area contributed by atoms with Gasteiger partial charge in [0.1, 0.15) is 17.6 Å². The average Bonchev–Trinajstić information content (AvgIpc) is 3.55. The molecule has 2 aliphatic rings. The van der Waals surface area contributed by atoms with E-state index in [9.17, 15) is 9.90 Å². The van der Waals surface area contributed by atoms with Crippen LogP contribution in [0.25, 0.3) is 22.2 Å². The number of aliphatic hydroxyl groups is 1. The lowest BCUT2D eigenvalue weighted by Gasteiger charge is -2.29. The summed E-state index contributed by atoms with van der Waals surface area (Å²) in [5, 5.41) is 23.6. The van der Waals surface area contributed by atoms with Crippen molar-refractivity contribution < 1.29 is 9.84 Å². The van der Waals surface area contributed by atoms with E-state index in [2.05, 4.69) is 62.2 Å². The van der Waals surface area contributed by atoms with Gasteiger partial charge >= 0.3 is 0 Å². The molecule has 6 rings (SSSR count). The van der Waals surface area contributed by atoms with Crippen LogP contribution in [-0.4, -0.2) is 66.4 Å². The summed E-state index contributed by atoms with van der Waals surface area (Å²) in [5.41, 5.74) is 4.19. The second kappa shape index (κ2) is 11.4. The number of aliphatic hydroxyl groups excluding tert-OH is 1. The normalized spacial score (nSPS) is 21.6. The lowest BCUT2D eigenvalue weighted by atomic mass is 9.93. The number of benzene rings is 1. The maximum atomic E-state index is 11.7. The van der Waals surface area contributed by atoms with Gasteiger partial charge in [0, 0.05) is 68.6 Å². The largest absolute Gasteiger partial charge is 0.473 e. The number of aromatic nitrogens is 5. The van der Waals surface area contributed by atoms with E-state index in [-0.39, 0.29) is 23.8 Å². The summed E-state index contributed by atoms with van der Waals surface area (Å²) in [6, 6.07) is 14.1. The van der Waals surface area contributed by atoms with Gasteiger partial charge < -0.3 is 15.2 Å². The molecule has 10 nitrogen and oxygen atoms in total. The molecule has 1 saturated heterocycles. The van der Waals surface area contributed by atoms with E-state index in [1.165, 1.54) is 16.3 Å². The van der Waals surface area contributed by atoms with Gasteiger partial charge in [-0.15, -0.1) is 5.10 Å². The Bertz CT molecular complexity index is 1520. The van der Waals surface area contributed by atoms with Gasteiger partial charge in [-0.05, 0) is 44.6 Å². The van der Waals surface area contributed by atoms with E-state index < -0.39 is 0 Å². The molecule has 3 aromatic heterocycles. The van der Waals surface area contributed by atoms with Gasteiger partial charge in [0.2, 0.25) is 5.88 Å². The minimum Gasteiger partial charge on any atom is -0.473 e. The number of hydrogen-bond donors (Lipinski definition) is 2. The second-order valence-electron chi connectivity index (χ2n) is 11.0. The Hall–Kier alpha value is -3.76. The van der Waals surface area contributed by atoms with Crippen LogP contribution in [0.4, 0.5) is 5.82 Å². The fourth-order valence-corrected chi connectivity index (χ4v) is 5.91. The number of anilines is 1. The number of rotatable bonds is 8. The SMILES string of the molecule is CCNc1cc2c(cn1)c(-c1ccc(CN3CC[C@@H](O)C3)cc1)nn2[C@H]1CC[C@@H](Oc2ccc(=O)n(C)n2)CC1. The first-order valence-electron chi connectivity index (χ1n) is 14.3. The van der Waals surface area contributed by atoms with E-state index in [1.54, 1.807) is 13.1 Å². The van der Waals surface area contributed by atoms with Crippen molar-refractivity contribution in [3.63, 3.8) is 0 Å². The zero-order valence-corrected chi connectivity index (χ0v) is 23.2. The fraction of sp³-hybridized carbons (Fsp3) is 0.467. The highest BCUT2D eigenvalue weighted by Crippen LogP contribution is 2.36. The number of hydrogen-bond acceptors (Lipinski definition) is 8. The zero-order chi connectivity index (χ0) is 27.6. The van der Waals surface area contributed by atoms with Gasteiger partial charge in [0.05, 0.1) is 17.7 Å². The van der Waals surface area contributed by atoms with Crippen molar-refractivity contribution in [3.8, 4) is 17.1 Å². The number of likely N-dealkylation sites (tertiary alicyclic amines) is 1. The number of pyridine rings is 1. The summed E-state index contributed by atoms with van der Waals surface area (Å²) in [6.45, 7) is 5.40. The molecule has 0 radical (unpaired) electrons. The first kappa shape index (κ1) is 26.5. The first-order valence-corrected chi connectivity index (χ1v) is 14.3. The van der Waals surface area contributed by atoms with Crippen molar-refractivity contribution in [1.29, 1.82) is 0 Å². The van der Waals surface area contributed by atoms with E-state index in [0.717, 1.165) is 86.3 Å². The molecular formula is C30H37N7O3. The topological polar surface area (TPSA) is 110 Å². The van der Waals surface area contributed by atoms with Gasteiger partial charge in [0.15, 0.2) is 0 Å². The molecule has 1 saturated carbocycles. The number of nitrogens with one attached hydrogen (secondary N) is 1. The Morgan fingerprint density at radius 2 is 1.85 bits per heavy atom. The van der Waals surface area contributed by atoms with Gasteiger partial charge in [-0.1, -0.05) is 24.3 Å². The molecule has 4 aromatic rings. The van der Waals surface area contributed by atoms with Crippen molar-refractivity contribution in [2.24, 2.45) is 7.05 Å². The molecule has 40 heavy (non-hydrogen) atoms. The maximum absolute atomic E-state index is 11.7. The molecule has 2 N–H and O–H groups in total. The Kier molecular flexibility index (Phi) is 7.53. The van der Waals surface area contributed by atoms with Crippen molar-refractivity contribution in [1.82, 2.24) is 29.4 Å². The van der Waals surface area contributed by atoms with Crippen LogP contribution in [0, 0.1) is 0 Å². The fourth-order valence-electron chi connectivity index (χ4n) is 5.91. The summed E-state index contributed by atoms with van der Waals surface area (Å²) < 4.78 is 9.61. The molecule has 1 aliphatic heterocycles. The van der Waals surface area contributed by atoms with Crippen LogP contribution in [0.3, 0.4) is 0 Å². The van der Waals surface area contributed by atoms with E-state index in [0.29, 0.717) is 5.88 Å². The highest BCUT2D eigenvalue weighted by Gasteiger charge is 2.27. The predicted octanol–water partition coefficient (Wildman–Crippen LogP) is 3.75. The third-order valence-electron chi connectivity index (χ3n) is 8.04. The summed E-state index contributed by atoms with van der Waals surface area (Å²) in [5.74, 6) is 1.34. The van der Waals surface area contributed by atoms with Crippen LogP contribution in [0.5, 0.6) is 5.88 Å². The van der Waals surface area contributed by atoms with E-state index >= 15 is 0 Å². The summed E-state index contributed by atoms with van der Waals surface area (Å²) >= 11 is 0. The van der Waals surface area contributed by atoms with E-state index in [1.807, 2.05) is 6.20 Å². The quantitative estimate of drug-likeness (QED) is 0.346. The van der Waals surface area contributed by atoms with Crippen molar-refractivity contribution >= 4 is 16.7 Å². The Balaban J connectivity index is 1.22. The molecule has 1 aliphatic carbocycles. The zero-order valence-electron chi connectivity index (χ0n) is 23.2. The maximum Gasteiger partial charge on any atom is 0.266 e. The van der Waals surface area contributed by atoms with Crippen LogP contribution in [-0.2, 0) is 13.6 Å². The van der Waals surface area contributed by atoms with Crippen LogP contribution in [0.2, 0.25) is 0 Å². The molecule has 0 bridgehead atoms. The average molecular weight is 544 g/mol. The smallest absolute Gasteiger partial charge is 0.266 e. The van der Waals surface area contributed by atoms with Gasteiger partial charge in [-0.2, -0.15) is 5.10 Å². The first-order chi connectivity index (χ1) is 19.5. The third kappa shape index (κ3) is 5.59. The molecule has 4 heterocycles. The third-order valence-corrected chi connectivity index (χ3v) is 8.04. The number of aryl methyl sites for hydroxylation is 1. The number of ether oxygens (including phenoxy) is 1. The molecular weight excluding hydrogens is 506 g/mol. The molecule has 0 unspecified atom stereocenters. The minimum atomic E-state index is -0.207. The van der Waals surface area contributed by atoms with E-state index in [4.69, 9.17) is 9.84 Å². The molecule has 0 spiro atoms. The van der Waals surface area contributed by atoms with Gasteiger partial charge in [0.25, 0.3) is 5.56 Å². The molecule has 2 fully saturated rings. The molecule has 1 atom stereocenters.